The third-order valence-electron chi connectivity index (χ3n) is 3.17. The number of amides is 1. The highest BCUT2D eigenvalue weighted by Crippen LogP contribution is 2.12. The van der Waals surface area contributed by atoms with Crippen LogP contribution in [0.5, 0.6) is 0 Å². The average molecular weight is 322 g/mol. The first kappa shape index (κ1) is 16.2. The van der Waals surface area contributed by atoms with Gasteiger partial charge in [-0.3, -0.25) is 4.79 Å². The predicted molar refractivity (Wildman–Crippen MR) is 82.1 cm³/mol. The lowest BCUT2D eigenvalue weighted by Crippen LogP contribution is -2.23. The van der Waals surface area contributed by atoms with Crippen molar-refractivity contribution in [3.8, 4) is 0 Å². The molecule has 118 valence electrons. The molecule has 0 aliphatic carbocycles. The van der Waals surface area contributed by atoms with Crippen molar-refractivity contribution in [3.63, 3.8) is 0 Å². The van der Waals surface area contributed by atoms with E-state index in [0.717, 1.165) is 11.1 Å². The van der Waals surface area contributed by atoms with Crippen LogP contribution in [0.3, 0.4) is 0 Å². The fraction of sp³-hybridized carbons (Fsp3) is 0.333. The van der Waals surface area contributed by atoms with E-state index < -0.39 is 9.84 Å². The second kappa shape index (κ2) is 6.31. The molecule has 0 fully saturated rings. The fourth-order valence-corrected chi connectivity index (χ4v) is 2.93. The monoisotopic (exact) mass is 322 g/mol. The van der Waals surface area contributed by atoms with Gasteiger partial charge in [0, 0.05) is 12.8 Å². The van der Waals surface area contributed by atoms with Gasteiger partial charge in [0.25, 0.3) is 5.91 Å². The molecule has 22 heavy (non-hydrogen) atoms. The summed E-state index contributed by atoms with van der Waals surface area (Å²) in [6.45, 7) is 3.75. The van der Waals surface area contributed by atoms with Crippen LogP contribution in [0.4, 0.5) is 0 Å². The molecule has 1 heterocycles. The highest BCUT2D eigenvalue weighted by Gasteiger charge is 2.16. The summed E-state index contributed by atoms with van der Waals surface area (Å²) in [5.41, 5.74) is 2.62. The molecule has 0 aliphatic heterocycles. The van der Waals surface area contributed by atoms with Gasteiger partial charge >= 0.3 is 0 Å². The normalized spacial score (nSPS) is 11.4. The van der Waals surface area contributed by atoms with Crippen molar-refractivity contribution in [1.29, 1.82) is 0 Å². The van der Waals surface area contributed by atoms with Crippen molar-refractivity contribution in [1.82, 2.24) is 10.5 Å². The molecule has 2 aromatic rings. The largest absolute Gasteiger partial charge is 0.361 e. The molecule has 0 bridgehead atoms. The van der Waals surface area contributed by atoms with Crippen LogP contribution in [0, 0.1) is 13.8 Å². The molecule has 0 atom stereocenters. The number of carbonyl (C=O) groups excluding carboxylic acids is 1. The molecule has 1 N–H and O–H groups in total. The van der Waals surface area contributed by atoms with E-state index >= 15 is 0 Å². The maximum Gasteiger partial charge on any atom is 0.257 e. The lowest BCUT2D eigenvalue weighted by molar-refractivity contribution is 0.0949. The Morgan fingerprint density at radius 2 is 1.77 bits per heavy atom. The van der Waals surface area contributed by atoms with Gasteiger partial charge in [0.2, 0.25) is 0 Å². The molecular formula is C15H18N2O4S. The first-order valence-electron chi connectivity index (χ1n) is 6.73. The predicted octanol–water partition coefficient (Wildman–Crippen LogP) is 1.77. The number of nitrogens with one attached hydrogen (secondary N) is 1. The van der Waals surface area contributed by atoms with Gasteiger partial charge in [-0.25, -0.2) is 8.42 Å². The second-order valence-corrected chi connectivity index (χ2v) is 7.41. The lowest BCUT2D eigenvalue weighted by Gasteiger charge is -2.06. The average Bonchev–Trinajstić information content (AvgIpc) is 2.75. The minimum Gasteiger partial charge on any atom is -0.361 e. The highest BCUT2D eigenvalue weighted by atomic mass is 32.2. The number of hydrogen-bond acceptors (Lipinski definition) is 5. The molecule has 0 aliphatic rings. The first-order chi connectivity index (χ1) is 10.3. The molecule has 1 aromatic heterocycles. The Balaban J connectivity index is 1.99. The Labute approximate surface area is 129 Å². The van der Waals surface area contributed by atoms with Crippen LogP contribution in [0.15, 0.2) is 28.8 Å². The Bertz CT molecular complexity index is 757. The number of sulfone groups is 1. The van der Waals surface area contributed by atoms with Gasteiger partial charge in [-0.2, -0.15) is 0 Å². The smallest absolute Gasteiger partial charge is 0.257 e. The topological polar surface area (TPSA) is 89.3 Å². The number of rotatable bonds is 5. The Hall–Kier alpha value is -2.15. The summed E-state index contributed by atoms with van der Waals surface area (Å²) in [5.74, 6) is 0.258. The highest BCUT2D eigenvalue weighted by molar-refractivity contribution is 7.89. The molecule has 1 aromatic carbocycles. The lowest BCUT2D eigenvalue weighted by atomic mass is 10.1. The molecular weight excluding hydrogens is 304 g/mol. The van der Waals surface area contributed by atoms with Crippen molar-refractivity contribution in [2.75, 3.05) is 6.26 Å². The minimum atomic E-state index is -3.04. The quantitative estimate of drug-likeness (QED) is 0.906. The molecule has 7 heteroatoms. The summed E-state index contributed by atoms with van der Waals surface area (Å²) < 4.78 is 27.4. The summed E-state index contributed by atoms with van der Waals surface area (Å²) in [5, 5.41) is 6.54. The molecule has 0 radical (unpaired) electrons. The van der Waals surface area contributed by atoms with E-state index in [9.17, 15) is 13.2 Å². The van der Waals surface area contributed by atoms with Gasteiger partial charge < -0.3 is 9.84 Å². The maximum atomic E-state index is 12.1. The number of hydrogen-bond donors (Lipinski definition) is 1. The van der Waals surface area contributed by atoms with E-state index in [1.807, 2.05) is 0 Å². The summed E-state index contributed by atoms with van der Waals surface area (Å²) in [7, 11) is -3.04. The van der Waals surface area contributed by atoms with Crippen molar-refractivity contribution in [2.45, 2.75) is 26.1 Å². The zero-order chi connectivity index (χ0) is 16.3. The summed E-state index contributed by atoms with van der Waals surface area (Å²) in [6.07, 6.45) is 1.20. The minimum absolute atomic E-state index is 0.0126. The zero-order valence-electron chi connectivity index (χ0n) is 12.7. The molecule has 2 rings (SSSR count). The molecule has 0 saturated heterocycles. The van der Waals surface area contributed by atoms with Crippen LogP contribution < -0.4 is 5.32 Å². The van der Waals surface area contributed by atoms with E-state index in [1.165, 1.54) is 6.26 Å². The Morgan fingerprint density at radius 3 is 2.27 bits per heavy atom. The standard InChI is InChI=1S/C15H18N2O4S/c1-10-14(11(2)21-17-10)15(18)16-8-12-4-6-13(7-5-12)9-22(3,19)20/h4-7H,8-9H2,1-3H3,(H,16,18). The van der Waals surface area contributed by atoms with E-state index in [0.29, 0.717) is 23.6 Å². The molecule has 0 unspecified atom stereocenters. The van der Waals surface area contributed by atoms with Crippen LogP contribution in [0.25, 0.3) is 0 Å². The maximum absolute atomic E-state index is 12.1. The number of carbonyl (C=O) groups is 1. The van der Waals surface area contributed by atoms with Crippen LogP contribution in [-0.4, -0.2) is 25.7 Å². The van der Waals surface area contributed by atoms with E-state index in [1.54, 1.807) is 38.1 Å². The summed E-state index contributed by atoms with van der Waals surface area (Å²) in [4.78, 5) is 12.1. The van der Waals surface area contributed by atoms with E-state index in [4.69, 9.17) is 4.52 Å². The van der Waals surface area contributed by atoms with Crippen molar-refractivity contribution < 1.29 is 17.7 Å². The van der Waals surface area contributed by atoms with Gasteiger partial charge in [0.15, 0.2) is 9.84 Å². The van der Waals surface area contributed by atoms with E-state index in [-0.39, 0.29) is 11.7 Å². The van der Waals surface area contributed by atoms with Gasteiger partial charge in [-0.1, -0.05) is 29.4 Å². The van der Waals surface area contributed by atoms with Crippen molar-refractivity contribution in [3.05, 3.63) is 52.4 Å². The Kier molecular flexibility index (Phi) is 4.65. The summed E-state index contributed by atoms with van der Waals surface area (Å²) >= 11 is 0. The van der Waals surface area contributed by atoms with Gasteiger partial charge in [0.1, 0.15) is 11.3 Å². The Morgan fingerprint density at radius 1 is 1.18 bits per heavy atom. The number of aromatic nitrogens is 1. The summed E-state index contributed by atoms with van der Waals surface area (Å²) in [6, 6.07) is 7.10. The number of aryl methyl sites for hydroxylation is 2. The second-order valence-electron chi connectivity index (χ2n) is 5.27. The fourth-order valence-electron chi connectivity index (χ4n) is 2.13. The SMILES string of the molecule is Cc1noc(C)c1C(=O)NCc1ccc(CS(C)(=O)=O)cc1. The number of benzene rings is 1. The molecule has 0 saturated carbocycles. The van der Waals surface area contributed by atoms with E-state index in [2.05, 4.69) is 10.5 Å². The third-order valence-corrected chi connectivity index (χ3v) is 4.02. The molecule has 0 spiro atoms. The van der Waals surface area contributed by atoms with Crippen LogP contribution in [0.1, 0.15) is 32.9 Å². The number of nitrogens with zero attached hydrogens (tertiary/aromatic N) is 1. The molecule has 6 nitrogen and oxygen atoms in total. The molecule has 1 amide bonds. The van der Waals surface area contributed by atoms with Gasteiger partial charge in [-0.15, -0.1) is 0 Å². The van der Waals surface area contributed by atoms with Crippen molar-refractivity contribution in [2.24, 2.45) is 0 Å². The van der Waals surface area contributed by atoms with Gasteiger partial charge in [0.05, 0.1) is 11.4 Å². The van der Waals surface area contributed by atoms with Crippen molar-refractivity contribution >= 4 is 15.7 Å². The van der Waals surface area contributed by atoms with Gasteiger partial charge in [-0.05, 0) is 25.0 Å². The third kappa shape index (κ3) is 4.17. The van der Waals surface area contributed by atoms with Crippen LogP contribution in [0.2, 0.25) is 0 Å². The van der Waals surface area contributed by atoms with Crippen LogP contribution >= 0.6 is 0 Å². The van der Waals surface area contributed by atoms with Crippen LogP contribution in [-0.2, 0) is 22.1 Å². The first-order valence-corrected chi connectivity index (χ1v) is 8.79. The zero-order valence-corrected chi connectivity index (χ0v) is 13.5.